The number of hydrogen-bond acceptors (Lipinski definition) is 6. The van der Waals surface area contributed by atoms with Gasteiger partial charge in [0.15, 0.2) is 12.2 Å². The molecule has 8 nitrogen and oxygen atoms in total. The van der Waals surface area contributed by atoms with Crippen LogP contribution in [0.1, 0.15) is 54.7 Å². The van der Waals surface area contributed by atoms with E-state index in [4.69, 9.17) is 9.15 Å². The molecule has 29 heavy (non-hydrogen) atoms. The van der Waals surface area contributed by atoms with Crippen LogP contribution in [0.5, 0.6) is 0 Å². The van der Waals surface area contributed by atoms with Gasteiger partial charge in [-0.05, 0) is 57.2 Å². The highest BCUT2D eigenvalue weighted by molar-refractivity contribution is 5.94. The number of hydrogen-bond donors (Lipinski definition) is 2. The van der Waals surface area contributed by atoms with E-state index in [1.54, 1.807) is 29.9 Å². The Labute approximate surface area is 169 Å². The maximum Gasteiger partial charge on any atom is 0.338 e. The third kappa shape index (κ3) is 4.35. The number of aliphatic hydroxyl groups is 1. The van der Waals surface area contributed by atoms with Gasteiger partial charge in [0.1, 0.15) is 17.6 Å². The monoisotopic (exact) mass is 399 g/mol. The summed E-state index contributed by atoms with van der Waals surface area (Å²) in [5.41, 5.74) is 0.410. The largest absolute Gasteiger partial charge is 0.467 e. The molecule has 154 valence electrons. The summed E-state index contributed by atoms with van der Waals surface area (Å²) < 4.78 is 12.2. The van der Waals surface area contributed by atoms with Crippen LogP contribution < -0.4 is 5.32 Å². The highest BCUT2D eigenvalue weighted by Crippen LogP contribution is 2.30. The van der Waals surface area contributed by atoms with E-state index in [9.17, 15) is 20.0 Å². The SMILES string of the molecule is Cc1c(C#N)c(NC(=O)COC(=O)C2(O)CCCCC2)n(Cc2ccco2)c1C. The first kappa shape index (κ1) is 20.7. The van der Waals surface area contributed by atoms with Crippen molar-refractivity contribution in [3.8, 4) is 6.07 Å². The predicted octanol–water partition coefficient (Wildman–Crippen LogP) is 2.79. The minimum absolute atomic E-state index is 0.330. The Morgan fingerprint density at radius 2 is 2.07 bits per heavy atom. The summed E-state index contributed by atoms with van der Waals surface area (Å²) in [6, 6.07) is 5.69. The Kier molecular flexibility index (Phi) is 6.09. The molecule has 2 heterocycles. The topological polar surface area (TPSA) is 117 Å². The van der Waals surface area contributed by atoms with Crippen LogP contribution in [0.4, 0.5) is 5.82 Å². The molecule has 0 saturated heterocycles. The van der Waals surface area contributed by atoms with Gasteiger partial charge >= 0.3 is 5.97 Å². The first-order valence-corrected chi connectivity index (χ1v) is 9.67. The van der Waals surface area contributed by atoms with Gasteiger partial charge in [-0.25, -0.2) is 4.79 Å². The van der Waals surface area contributed by atoms with Gasteiger partial charge in [-0.1, -0.05) is 6.42 Å². The summed E-state index contributed by atoms with van der Waals surface area (Å²) in [6.07, 6.45) is 4.72. The summed E-state index contributed by atoms with van der Waals surface area (Å²) in [6.45, 7) is 3.47. The van der Waals surface area contributed by atoms with Gasteiger partial charge in [0.25, 0.3) is 5.91 Å². The third-order valence-electron chi connectivity index (χ3n) is 5.49. The van der Waals surface area contributed by atoms with Crippen LogP contribution >= 0.6 is 0 Å². The molecule has 0 aliphatic heterocycles. The fourth-order valence-corrected chi connectivity index (χ4v) is 3.66. The summed E-state index contributed by atoms with van der Waals surface area (Å²) in [5, 5.41) is 22.6. The number of rotatable bonds is 6. The summed E-state index contributed by atoms with van der Waals surface area (Å²) in [7, 11) is 0. The summed E-state index contributed by atoms with van der Waals surface area (Å²) in [5.74, 6) is -0.344. The minimum atomic E-state index is -1.51. The van der Waals surface area contributed by atoms with Gasteiger partial charge in [-0.3, -0.25) is 4.79 Å². The van der Waals surface area contributed by atoms with Crippen LogP contribution in [0, 0.1) is 25.2 Å². The van der Waals surface area contributed by atoms with E-state index in [1.165, 1.54) is 0 Å². The number of esters is 1. The zero-order valence-electron chi connectivity index (χ0n) is 16.7. The Bertz CT molecular complexity index is 931. The van der Waals surface area contributed by atoms with Gasteiger partial charge in [0.2, 0.25) is 0 Å². The second-order valence-corrected chi connectivity index (χ2v) is 7.43. The predicted molar refractivity (Wildman–Crippen MR) is 104 cm³/mol. The van der Waals surface area contributed by atoms with Crippen LogP contribution in [0.15, 0.2) is 22.8 Å². The van der Waals surface area contributed by atoms with E-state index in [1.807, 2.05) is 6.92 Å². The van der Waals surface area contributed by atoms with Crippen molar-refractivity contribution in [3.63, 3.8) is 0 Å². The number of furan rings is 1. The molecule has 1 amide bonds. The molecule has 1 saturated carbocycles. The van der Waals surface area contributed by atoms with Crippen molar-refractivity contribution in [2.75, 3.05) is 11.9 Å². The number of amides is 1. The fraction of sp³-hybridized carbons (Fsp3) is 0.476. The van der Waals surface area contributed by atoms with Crippen molar-refractivity contribution < 1.29 is 23.8 Å². The van der Waals surface area contributed by atoms with Gasteiger partial charge < -0.3 is 24.1 Å². The molecule has 0 atom stereocenters. The Balaban J connectivity index is 1.71. The zero-order chi connectivity index (χ0) is 21.0. The quantitative estimate of drug-likeness (QED) is 0.721. The van der Waals surface area contributed by atoms with Crippen LogP contribution in [-0.2, 0) is 20.9 Å². The van der Waals surface area contributed by atoms with Crippen molar-refractivity contribution in [1.82, 2.24) is 4.57 Å². The molecule has 2 aromatic rings. The lowest BCUT2D eigenvalue weighted by molar-refractivity contribution is -0.170. The smallest absolute Gasteiger partial charge is 0.338 e. The van der Waals surface area contributed by atoms with E-state index in [-0.39, 0.29) is 0 Å². The van der Waals surface area contributed by atoms with Crippen molar-refractivity contribution in [2.45, 2.75) is 58.1 Å². The Hall–Kier alpha value is -3.05. The number of nitrogens with one attached hydrogen (secondary N) is 1. The lowest BCUT2D eigenvalue weighted by atomic mass is 9.85. The second-order valence-electron chi connectivity index (χ2n) is 7.43. The van der Waals surface area contributed by atoms with E-state index in [0.29, 0.717) is 36.5 Å². The average Bonchev–Trinajstić information content (AvgIpc) is 3.29. The molecule has 1 aliphatic rings. The Morgan fingerprint density at radius 3 is 2.69 bits per heavy atom. The number of carbonyl (C=O) groups excluding carboxylic acids is 2. The summed E-state index contributed by atoms with van der Waals surface area (Å²) in [4.78, 5) is 24.6. The molecular formula is C21H25N3O5. The molecule has 8 heteroatoms. The normalized spacial score (nSPS) is 15.5. The second kappa shape index (κ2) is 8.53. The number of carbonyl (C=O) groups is 2. The van der Waals surface area contributed by atoms with Crippen LogP contribution in [0.25, 0.3) is 0 Å². The summed E-state index contributed by atoms with van der Waals surface area (Å²) >= 11 is 0. The maximum atomic E-state index is 12.4. The number of aromatic nitrogens is 1. The Morgan fingerprint density at radius 1 is 1.34 bits per heavy atom. The lowest BCUT2D eigenvalue weighted by Gasteiger charge is -2.29. The molecule has 0 spiro atoms. The fourth-order valence-electron chi connectivity index (χ4n) is 3.66. The number of ether oxygens (including phenoxy) is 1. The first-order valence-electron chi connectivity index (χ1n) is 9.67. The molecule has 3 rings (SSSR count). The number of anilines is 1. The van der Waals surface area contributed by atoms with Crippen molar-refractivity contribution in [2.24, 2.45) is 0 Å². The zero-order valence-corrected chi connectivity index (χ0v) is 16.7. The molecule has 2 N–H and O–H groups in total. The maximum absolute atomic E-state index is 12.4. The molecule has 2 aromatic heterocycles. The van der Waals surface area contributed by atoms with E-state index < -0.39 is 24.1 Å². The van der Waals surface area contributed by atoms with Crippen LogP contribution in [-0.4, -0.2) is 33.8 Å². The number of nitrogens with zero attached hydrogens (tertiary/aromatic N) is 2. The van der Waals surface area contributed by atoms with Crippen molar-refractivity contribution >= 4 is 17.7 Å². The molecule has 0 bridgehead atoms. The van der Waals surface area contributed by atoms with E-state index in [0.717, 1.165) is 30.5 Å². The molecule has 0 radical (unpaired) electrons. The van der Waals surface area contributed by atoms with Gasteiger partial charge in [0.05, 0.1) is 18.4 Å². The standard InChI is InChI=1S/C21H25N3O5/c1-14-15(2)24(12-16-7-6-10-28-16)19(17(14)11-22)23-18(25)13-29-20(26)21(27)8-4-3-5-9-21/h6-7,10,27H,3-5,8-9,12-13H2,1-2H3,(H,23,25). The highest BCUT2D eigenvalue weighted by atomic mass is 16.6. The molecule has 0 aromatic carbocycles. The van der Waals surface area contributed by atoms with Gasteiger partial charge in [-0.2, -0.15) is 5.26 Å². The first-order chi connectivity index (χ1) is 13.9. The van der Waals surface area contributed by atoms with Crippen molar-refractivity contribution in [3.05, 3.63) is 41.0 Å². The minimum Gasteiger partial charge on any atom is -0.467 e. The van der Waals surface area contributed by atoms with E-state index in [2.05, 4.69) is 11.4 Å². The van der Waals surface area contributed by atoms with Crippen molar-refractivity contribution in [1.29, 1.82) is 5.26 Å². The third-order valence-corrected chi connectivity index (χ3v) is 5.49. The molecule has 1 fully saturated rings. The van der Waals surface area contributed by atoms with Gasteiger partial charge in [-0.15, -0.1) is 0 Å². The van der Waals surface area contributed by atoms with Crippen LogP contribution in [0.2, 0.25) is 0 Å². The van der Waals surface area contributed by atoms with Gasteiger partial charge in [0, 0.05) is 5.69 Å². The molecule has 0 unspecified atom stereocenters. The highest BCUT2D eigenvalue weighted by Gasteiger charge is 2.39. The molecular weight excluding hydrogens is 374 g/mol. The molecule has 1 aliphatic carbocycles. The average molecular weight is 399 g/mol. The number of nitriles is 1. The van der Waals surface area contributed by atoms with E-state index >= 15 is 0 Å². The van der Waals surface area contributed by atoms with Crippen LogP contribution in [0.3, 0.4) is 0 Å². The lowest BCUT2D eigenvalue weighted by Crippen LogP contribution is -2.42.